The van der Waals surface area contributed by atoms with Crippen LogP contribution < -0.4 is 0 Å². The highest BCUT2D eigenvalue weighted by atomic mass is 32.2. The van der Waals surface area contributed by atoms with Gasteiger partial charge in [-0.15, -0.1) is 11.8 Å². The summed E-state index contributed by atoms with van der Waals surface area (Å²) in [5, 5.41) is 0.468. The van der Waals surface area contributed by atoms with Gasteiger partial charge in [0.2, 0.25) is 0 Å². The summed E-state index contributed by atoms with van der Waals surface area (Å²) < 4.78 is 5.40. The molecule has 74 valence electrons. The Balaban J connectivity index is 2.57. The Hall–Kier alpha value is -0.410. The van der Waals surface area contributed by atoms with Gasteiger partial charge in [-0.2, -0.15) is 0 Å². The summed E-state index contributed by atoms with van der Waals surface area (Å²) in [6, 6.07) is 4.00. The molecule has 0 N–H and O–H groups in total. The molecule has 0 amide bonds. The van der Waals surface area contributed by atoms with Gasteiger partial charge in [0.25, 0.3) is 0 Å². The minimum absolute atomic E-state index is 0.468. The lowest BCUT2D eigenvalue weighted by Crippen LogP contribution is -2.18. The van der Waals surface area contributed by atoms with Crippen molar-refractivity contribution in [1.82, 2.24) is 4.90 Å². The molecule has 2 nitrogen and oxygen atoms in total. The number of nitrogens with zero attached hydrogens (tertiary/aromatic N) is 1. The maximum Gasteiger partial charge on any atom is 0.118 e. The number of thioether (sulfide) groups is 1. The van der Waals surface area contributed by atoms with Crippen LogP contribution in [0.1, 0.15) is 17.9 Å². The largest absolute Gasteiger partial charge is 0.468 e. The molecule has 0 saturated carbocycles. The molecular weight excluding hydrogens is 182 g/mol. The monoisotopic (exact) mass is 199 g/mol. The van der Waals surface area contributed by atoms with Crippen LogP contribution in [0.3, 0.4) is 0 Å². The van der Waals surface area contributed by atoms with Crippen LogP contribution in [0.4, 0.5) is 0 Å². The quantitative estimate of drug-likeness (QED) is 0.725. The van der Waals surface area contributed by atoms with Crippen molar-refractivity contribution >= 4 is 11.8 Å². The first-order valence-corrected chi connectivity index (χ1v) is 5.58. The fourth-order valence-corrected chi connectivity index (χ4v) is 2.34. The van der Waals surface area contributed by atoms with E-state index < -0.39 is 0 Å². The maximum absolute atomic E-state index is 5.40. The molecule has 1 heterocycles. The fourth-order valence-electron chi connectivity index (χ4n) is 1.23. The molecule has 1 atom stereocenters. The van der Waals surface area contributed by atoms with Gasteiger partial charge < -0.3 is 9.32 Å². The average molecular weight is 199 g/mol. The van der Waals surface area contributed by atoms with E-state index in [2.05, 4.69) is 32.0 Å². The Bertz CT molecular complexity index is 221. The van der Waals surface area contributed by atoms with Gasteiger partial charge in [0, 0.05) is 6.54 Å². The molecule has 0 aliphatic heterocycles. The zero-order valence-corrected chi connectivity index (χ0v) is 9.30. The minimum Gasteiger partial charge on any atom is -0.468 e. The predicted octanol–water partition coefficient (Wildman–Crippen LogP) is 2.64. The van der Waals surface area contributed by atoms with Gasteiger partial charge in [-0.3, -0.25) is 0 Å². The number of hydrogen-bond donors (Lipinski definition) is 0. The van der Waals surface area contributed by atoms with E-state index in [0.717, 1.165) is 18.1 Å². The second-order valence-corrected chi connectivity index (χ2v) is 4.70. The summed E-state index contributed by atoms with van der Waals surface area (Å²) in [5.74, 6) is 2.21. The number of likely N-dealkylation sites (N-methyl/N-ethyl adjacent to an activating group) is 1. The van der Waals surface area contributed by atoms with E-state index in [9.17, 15) is 0 Å². The molecule has 0 spiro atoms. The van der Waals surface area contributed by atoms with Crippen LogP contribution in [-0.4, -0.2) is 31.3 Å². The molecule has 1 aromatic rings. The molecule has 1 unspecified atom stereocenters. The number of rotatable bonds is 5. The van der Waals surface area contributed by atoms with Gasteiger partial charge in [0.05, 0.1) is 11.5 Å². The average Bonchev–Trinajstić information content (AvgIpc) is 2.54. The Kier molecular flexibility index (Phi) is 4.39. The van der Waals surface area contributed by atoms with Gasteiger partial charge in [-0.05, 0) is 32.0 Å². The Morgan fingerprint density at radius 3 is 2.77 bits per heavy atom. The molecule has 3 heteroatoms. The highest BCUT2D eigenvalue weighted by Crippen LogP contribution is 2.29. The summed E-state index contributed by atoms with van der Waals surface area (Å²) >= 11 is 1.93. The maximum atomic E-state index is 5.40. The molecule has 0 bridgehead atoms. The van der Waals surface area contributed by atoms with E-state index in [4.69, 9.17) is 4.42 Å². The Morgan fingerprint density at radius 2 is 2.31 bits per heavy atom. The highest BCUT2D eigenvalue weighted by Gasteiger charge is 2.14. The number of hydrogen-bond acceptors (Lipinski definition) is 3. The van der Waals surface area contributed by atoms with E-state index >= 15 is 0 Å². The van der Waals surface area contributed by atoms with Gasteiger partial charge >= 0.3 is 0 Å². The van der Waals surface area contributed by atoms with Crippen molar-refractivity contribution in [3.8, 4) is 0 Å². The summed E-state index contributed by atoms with van der Waals surface area (Å²) in [6.07, 6.45) is 1.74. The molecule has 0 aliphatic rings. The van der Waals surface area contributed by atoms with E-state index in [0.29, 0.717) is 5.25 Å². The second kappa shape index (κ2) is 5.35. The first-order valence-electron chi connectivity index (χ1n) is 4.53. The van der Waals surface area contributed by atoms with Crippen molar-refractivity contribution in [2.45, 2.75) is 12.2 Å². The van der Waals surface area contributed by atoms with Crippen LogP contribution in [0.15, 0.2) is 22.8 Å². The van der Waals surface area contributed by atoms with Crippen molar-refractivity contribution in [2.24, 2.45) is 0 Å². The lowest BCUT2D eigenvalue weighted by molar-refractivity contribution is 0.385. The molecule has 0 aromatic carbocycles. The minimum atomic E-state index is 0.468. The third-order valence-electron chi connectivity index (χ3n) is 1.76. The predicted molar refractivity (Wildman–Crippen MR) is 58.1 cm³/mol. The Labute approximate surface area is 84.3 Å². The summed E-state index contributed by atoms with van der Waals surface area (Å²) in [6.45, 7) is 3.21. The fraction of sp³-hybridized carbons (Fsp3) is 0.600. The standard InChI is InChI=1S/C10H17NOS/c1-4-13-10(8-11(2)3)9-6-5-7-12-9/h5-7,10H,4,8H2,1-3H3. The van der Waals surface area contributed by atoms with E-state index in [1.165, 1.54) is 0 Å². The van der Waals surface area contributed by atoms with Gasteiger partial charge in [-0.1, -0.05) is 6.92 Å². The Morgan fingerprint density at radius 1 is 1.54 bits per heavy atom. The second-order valence-electron chi connectivity index (χ2n) is 3.22. The van der Waals surface area contributed by atoms with Crippen molar-refractivity contribution in [1.29, 1.82) is 0 Å². The number of furan rings is 1. The van der Waals surface area contributed by atoms with Crippen molar-refractivity contribution in [3.05, 3.63) is 24.2 Å². The van der Waals surface area contributed by atoms with Crippen LogP contribution in [-0.2, 0) is 0 Å². The zero-order chi connectivity index (χ0) is 9.68. The molecular formula is C10H17NOS. The first kappa shape index (κ1) is 10.7. The third-order valence-corrected chi connectivity index (χ3v) is 2.88. The van der Waals surface area contributed by atoms with Crippen LogP contribution in [0.25, 0.3) is 0 Å². The molecule has 0 fully saturated rings. The zero-order valence-electron chi connectivity index (χ0n) is 8.49. The molecule has 1 aromatic heterocycles. The molecule has 0 aliphatic carbocycles. The SMILES string of the molecule is CCSC(CN(C)C)c1ccco1. The molecule has 0 radical (unpaired) electrons. The molecule has 13 heavy (non-hydrogen) atoms. The highest BCUT2D eigenvalue weighted by molar-refractivity contribution is 7.99. The van der Waals surface area contributed by atoms with Crippen LogP contribution in [0, 0.1) is 0 Å². The van der Waals surface area contributed by atoms with Gasteiger partial charge in [0.1, 0.15) is 5.76 Å². The summed E-state index contributed by atoms with van der Waals surface area (Å²) in [5.41, 5.74) is 0. The van der Waals surface area contributed by atoms with E-state index in [-0.39, 0.29) is 0 Å². The third kappa shape index (κ3) is 3.44. The molecule has 0 saturated heterocycles. The summed E-state index contributed by atoms with van der Waals surface area (Å²) in [4.78, 5) is 2.19. The van der Waals surface area contributed by atoms with Gasteiger partial charge in [0.15, 0.2) is 0 Å². The van der Waals surface area contributed by atoms with Crippen molar-refractivity contribution < 1.29 is 4.42 Å². The van der Waals surface area contributed by atoms with E-state index in [1.54, 1.807) is 6.26 Å². The smallest absolute Gasteiger partial charge is 0.118 e. The summed E-state index contributed by atoms with van der Waals surface area (Å²) in [7, 11) is 4.18. The molecule has 1 rings (SSSR count). The lowest BCUT2D eigenvalue weighted by atomic mass is 10.3. The van der Waals surface area contributed by atoms with Crippen molar-refractivity contribution in [3.63, 3.8) is 0 Å². The normalized spacial score (nSPS) is 13.5. The lowest BCUT2D eigenvalue weighted by Gasteiger charge is -2.17. The van der Waals surface area contributed by atoms with E-state index in [1.807, 2.05) is 17.8 Å². The van der Waals surface area contributed by atoms with Crippen molar-refractivity contribution in [2.75, 3.05) is 26.4 Å². The first-order chi connectivity index (χ1) is 6.24. The van der Waals surface area contributed by atoms with Crippen LogP contribution in [0.5, 0.6) is 0 Å². The topological polar surface area (TPSA) is 16.4 Å². The van der Waals surface area contributed by atoms with Gasteiger partial charge in [-0.25, -0.2) is 0 Å². The van der Waals surface area contributed by atoms with Crippen LogP contribution in [0.2, 0.25) is 0 Å². The van der Waals surface area contributed by atoms with Crippen LogP contribution >= 0.6 is 11.8 Å².